The van der Waals surface area contributed by atoms with Crippen LogP contribution in [0.25, 0.3) is 0 Å². The van der Waals surface area contributed by atoms with Crippen LogP contribution in [0.15, 0.2) is 30.3 Å². The van der Waals surface area contributed by atoms with Gasteiger partial charge in [0.2, 0.25) is 5.91 Å². The van der Waals surface area contributed by atoms with Crippen LogP contribution < -0.4 is 5.73 Å². The molecule has 2 rings (SSSR count). The molecule has 1 saturated heterocycles. The van der Waals surface area contributed by atoms with E-state index in [2.05, 4.69) is 40.1 Å². The van der Waals surface area contributed by atoms with Gasteiger partial charge in [-0.1, -0.05) is 30.3 Å². The molecule has 0 spiro atoms. The third kappa shape index (κ3) is 7.67. The van der Waals surface area contributed by atoms with E-state index in [1.807, 2.05) is 0 Å². The normalized spacial score (nSPS) is 15.8. The monoisotopic (exact) mass is 333 g/mol. The summed E-state index contributed by atoms with van der Waals surface area (Å²) in [6.07, 6.45) is 2.34. The average molecular weight is 334 g/mol. The van der Waals surface area contributed by atoms with E-state index in [-0.39, 0.29) is 30.7 Å². The van der Waals surface area contributed by atoms with Gasteiger partial charge in [0.1, 0.15) is 0 Å². The lowest BCUT2D eigenvalue weighted by Gasteiger charge is -2.33. The SMILES string of the molecule is Cl.Cl.NC(=O)CN1CCN(CCCc2ccccc2)CC1. The molecule has 0 aliphatic carbocycles. The number of amides is 1. The molecule has 1 aromatic rings. The lowest BCUT2D eigenvalue weighted by molar-refractivity contribution is -0.119. The van der Waals surface area contributed by atoms with Gasteiger partial charge in [0, 0.05) is 26.2 Å². The highest BCUT2D eigenvalue weighted by Gasteiger charge is 2.17. The Bertz CT molecular complexity index is 395. The molecular weight excluding hydrogens is 309 g/mol. The van der Waals surface area contributed by atoms with Crippen LogP contribution >= 0.6 is 24.8 Å². The molecule has 0 atom stereocenters. The summed E-state index contributed by atoms with van der Waals surface area (Å²) in [6, 6.07) is 10.6. The summed E-state index contributed by atoms with van der Waals surface area (Å²) in [5.41, 5.74) is 6.62. The predicted molar refractivity (Wildman–Crippen MR) is 91.3 cm³/mol. The van der Waals surface area contributed by atoms with Crippen LogP contribution in [0.1, 0.15) is 12.0 Å². The van der Waals surface area contributed by atoms with Crippen LogP contribution in [-0.2, 0) is 11.2 Å². The Kier molecular flexibility index (Phi) is 10.4. The lowest BCUT2D eigenvalue weighted by atomic mass is 10.1. The first kappa shape index (κ1) is 20.2. The average Bonchev–Trinajstić information content (AvgIpc) is 2.41. The van der Waals surface area contributed by atoms with Gasteiger partial charge in [-0.25, -0.2) is 0 Å². The van der Waals surface area contributed by atoms with Gasteiger partial charge < -0.3 is 10.6 Å². The first-order valence-electron chi connectivity index (χ1n) is 7.01. The lowest BCUT2D eigenvalue weighted by Crippen LogP contribution is -2.48. The number of piperazine rings is 1. The number of carbonyl (C=O) groups excluding carboxylic acids is 1. The zero-order valence-corrected chi connectivity index (χ0v) is 13.9. The Morgan fingerprint density at radius 1 is 1.00 bits per heavy atom. The first-order chi connectivity index (χ1) is 9.24. The highest BCUT2D eigenvalue weighted by molar-refractivity contribution is 5.85. The van der Waals surface area contributed by atoms with E-state index in [9.17, 15) is 4.79 Å². The molecule has 0 radical (unpaired) electrons. The minimum atomic E-state index is -0.225. The van der Waals surface area contributed by atoms with E-state index in [4.69, 9.17) is 5.73 Å². The van der Waals surface area contributed by atoms with Crippen molar-refractivity contribution in [1.82, 2.24) is 9.80 Å². The molecule has 120 valence electrons. The van der Waals surface area contributed by atoms with E-state index in [1.165, 1.54) is 12.0 Å². The van der Waals surface area contributed by atoms with Crippen molar-refractivity contribution in [2.24, 2.45) is 5.73 Å². The van der Waals surface area contributed by atoms with Crippen LogP contribution in [0.3, 0.4) is 0 Å². The number of primary amides is 1. The van der Waals surface area contributed by atoms with Crippen molar-refractivity contribution in [2.45, 2.75) is 12.8 Å². The molecule has 0 saturated carbocycles. The highest BCUT2D eigenvalue weighted by Crippen LogP contribution is 2.06. The molecule has 1 aliphatic heterocycles. The maximum absolute atomic E-state index is 10.8. The van der Waals surface area contributed by atoms with Crippen LogP contribution in [-0.4, -0.2) is 55.0 Å². The molecule has 0 aromatic heterocycles. The quantitative estimate of drug-likeness (QED) is 0.859. The summed E-state index contributed by atoms with van der Waals surface area (Å²) in [4.78, 5) is 15.5. The van der Waals surface area contributed by atoms with Crippen molar-refractivity contribution >= 4 is 30.7 Å². The summed E-state index contributed by atoms with van der Waals surface area (Å²) in [5.74, 6) is -0.225. The number of benzene rings is 1. The van der Waals surface area contributed by atoms with Gasteiger partial charge in [-0.3, -0.25) is 9.69 Å². The maximum atomic E-state index is 10.8. The van der Waals surface area contributed by atoms with E-state index in [0.29, 0.717) is 6.54 Å². The van der Waals surface area contributed by atoms with Gasteiger partial charge in [-0.15, -0.1) is 24.8 Å². The largest absolute Gasteiger partial charge is 0.369 e. The van der Waals surface area contributed by atoms with E-state index in [0.717, 1.165) is 39.1 Å². The van der Waals surface area contributed by atoms with Crippen LogP contribution in [0.2, 0.25) is 0 Å². The third-order valence-electron chi connectivity index (χ3n) is 3.63. The fourth-order valence-electron chi connectivity index (χ4n) is 2.54. The van der Waals surface area contributed by atoms with Gasteiger partial charge in [-0.2, -0.15) is 0 Å². The molecule has 6 heteroatoms. The minimum Gasteiger partial charge on any atom is -0.369 e. The Balaban J connectivity index is 0.00000200. The minimum absolute atomic E-state index is 0. The number of nitrogens with two attached hydrogens (primary N) is 1. The van der Waals surface area contributed by atoms with Crippen molar-refractivity contribution < 1.29 is 4.79 Å². The van der Waals surface area contributed by atoms with Crippen molar-refractivity contribution in [1.29, 1.82) is 0 Å². The number of rotatable bonds is 6. The van der Waals surface area contributed by atoms with E-state index < -0.39 is 0 Å². The Labute approximate surface area is 139 Å². The first-order valence-corrected chi connectivity index (χ1v) is 7.01. The van der Waals surface area contributed by atoms with Gasteiger partial charge in [0.05, 0.1) is 6.54 Å². The summed E-state index contributed by atoms with van der Waals surface area (Å²) in [5, 5.41) is 0. The number of halogens is 2. The van der Waals surface area contributed by atoms with Crippen molar-refractivity contribution in [2.75, 3.05) is 39.3 Å². The molecule has 21 heavy (non-hydrogen) atoms. The fraction of sp³-hybridized carbons (Fsp3) is 0.533. The maximum Gasteiger partial charge on any atom is 0.231 e. The molecule has 0 unspecified atom stereocenters. The molecule has 2 N–H and O–H groups in total. The van der Waals surface area contributed by atoms with Crippen LogP contribution in [0.4, 0.5) is 0 Å². The highest BCUT2D eigenvalue weighted by atomic mass is 35.5. The van der Waals surface area contributed by atoms with Crippen LogP contribution in [0, 0.1) is 0 Å². The summed E-state index contributed by atoms with van der Waals surface area (Å²) in [7, 11) is 0. The van der Waals surface area contributed by atoms with Crippen LogP contribution in [0.5, 0.6) is 0 Å². The van der Waals surface area contributed by atoms with E-state index >= 15 is 0 Å². The Hall–Kier alpha value is -0.810. The van der Waals surface area contributed by atoms with Gasteiger partial charge >= 0.3 is 0 Å². The van der Waals surface area contributed by atoms with Crippen molar-refractivity contribution in [3.05, 3.63) is 35.9 Å². The topological polar surface area (TPSA) is 49.6 Å². The molecule has 1 aliphatic rings. The van der Waals surface area contributed by atoms with Gasteiger partial charge in [-0.05, 0) is 24.9 Å². The molecule has 1 aromatic carbocycles. The number of nitrogens with zero attached hydrogens (tertiary/aromatic N) is 2. The number of aryl methyl sites for hydroxylation is 1. The summed E-state index contributed by atoms with van der Waals surface area (Å²) < 4.78 is 0. The number of hydrogen-bond acceptors (Lipinski definition) is 3. The van der Waals surface area contributed by atoms with Crippen molar-refractivity contribution in [3.8, 4) is 0 Å². The molecule has 1 heterocycles. The van der Waals surface area contributed by atoms with Gasteiger partial charge in [0.15, 0.2) is 0 Å². The predicted octanol–water partition coefficient (Wildman–Crippen LogP) is 1.57. The fourth-order valence-corrected chi connectivity index (χ4v) is 2.54. The molecule has 4 nitrogen and oxygen atoms in total. The van der Waals surface area contributed by atoms with Gasteiger partial charge in [0.25, 0.3) is 0 Å². The number of carbonyl (C=O) groups is 1. The second kappa shape index (κ2) is 10.9. The molecule has 0 bridgehead atoms. The second-order valence-electron chi connectivity index (χ2n) is 5.17. The molecule has 1 fully saturated rings. The molecular formula is C15H25Cl2N3O. The van der Waals surface area contributed by atoms with E-state index in [1.54, 1.807) is 0 Å². The number of hydrogen-bond donors (Lipinski definition) is 1. The van der Waals surface area contributed by atoms with Crippen molar-refractivity contribution in [3.63, 3.8) is 0 Å². The zero-order chi connectivity index (χ0) is 13.5. The summed E-state index contributed by atoms with van der Waals surface area (Å²) in [6.45, 7) is 5.53. The zero-order valence-electron chi connectivity index (χ0n) is 12.2. The third-order valence-corrected chi connectivity index (χ3v) is 3.63. The second-order valence-corrected chi connectivity index (χ2v) is 5.17. The smallest absolute Gasteiger partial charge is 0.231 e. The Morgan fingerprint density at radius 2 is 1.57 bits per heavy atom. The summed E-state index contributed by atoms with van der Waals surface area (Å²) >= 11 is 0. The Morgan fingerprint density at radius 3 is 2.14 bits per heavy atom. The molecule has 1 amide bonds. The standard InChI is InChI=1S/C15H23N3O.2ClH/c16-15(19)13-18-11-9-17(10-12-18)8-4-7-14-5-2-1-3-6-14;;/h1-3,5-6H,4,7-13H2,(H2,16,19);2*1H.